The van der Waals surface area contributed by atoms with Gasteiger partial charge < -0.3 is 15.5 Å². The number of aliphatic hydroxyl groups is 2. The number of hydrogen-bond acceptors (Lipinski definition) is 5. The molecule has 0 aromatic carbocycles. The molecule has 0 radical (unpaired) electrons. The summed E-state index contributed by atoms with van der Waals surface area (Å²) in [5.41, 5.74) is 0. The van der Waals surface area contributed by atoms with Crippen molar-refractivity contribution in [3.05, 3.63) is 24.3 Å². The fraction of sp³-hybridized carbons (Fsp3) is 0.833. The van der Waals surface area contributed by atoms with Crippen molar-refractivity contribution in [1.82, 2.24) is 5.32 Å². The van der Waals surface area contributed by atoms with E-state index in [1.807, 2.05) is 0 Å². The quantitative estimate of drug-likeness (QED) is 0.0535. The van der Waals surface area contributed by atoms with Crippen LogP contribution in [0, 0.1) is 0 Å². The van der Waals surface area contributed by atoms with Gasteiger partial charge in [0.1, 0.15) is 6.10 Å². The van der Waals surface area contributed by atoms with Crippen LogP contribution in [0.25, 0.3) is 0 Å². The average molecular weight is 560 g/mol. The van der Waals surface area contributed by atoms with E-state index in [0.29, 0.717) is 12.8 Å². The number of allylic oxidation sites excluding steroid dienone is 3. The minimum atomic E-state index is -4.43. The maximum absolute atomic E-state index is 12.4. The second kappa shape index (κ2) is 24.8. The van der Waals surface area contributed by atoms with Gasteiger partial charge in [-0.2, -0.15) is 8.42 Å². The number of unbranched alkanes of at least 4 members (excludes halogenated alkanes) is 15. The summed E-state index contributed by atoms with van der Waals surface area (Å²) in [7, 11) is -4.43. The molecular formula is C30H57NO6S. The lowest BCUT2D eigenvalue weighted by molar-refractivity contribution is -0.130. The third-order valence-electron chi connectivity index (χ3n) is 6.74. The molecule has 224 valence electrons. The van der Waals surface area contributed by atoms with Crippen molar-refractivity contribution in [3.8, 4) is 0 Å². The summed E-state index contributed by atoms with van der Waals surface area (Å²) in [5, 5.41) is 23.1. The first-order valence-electron chi connectivity index (χ1n) is 15.1. The molecule has 0 aromatic rings. The van der Waals surface area contributed by atoms with Crippen LogP contribution in [0.1, 0.15) is 136 Å². The zero-order chi connectivity index (χ0) is 28.5. The van der Waals surface area contributed by atoms with Crippen LogP contribution in [0.4, 0.5) is 0 Å². The van der Waals surface area contributed by atoms with Gasteiger partial charge in [0.15, 0.2) is 0 Å². The molecular weight excluding hydrogens is 502 g/mol. The van der Waals surface area contributed by atoms with Gasteiger partial charge in [0, 0.05) is 0 Å². The Morgan fingerprint density at radius 3 is 1.74 bits per heavy atom. The Hall–Kier alpha value is -1.22. The maximum atomic E-state index is 12.4. The van der Waals surface area contributed by atoms with Crippen molar-refractivity contribution in [1.29, 1.82) is 0 Å². The second-order valence-electron chi connectivity index (χ2n) is 10.5. The first kappa shape index (κ1) is 36.8. The Morgan fingerprint density at radius 1 is 0.711 bits per heavy atom. The Kier molecular flexibility index (Phi) is 24.0. The van der Waals surface area contributed by atoms with Crippen molar-refractivity contribution in [3.63, 3.8) is 0 Å². The zero-order valence-electron chi connectivity index (χ0n) is 24.2. The summed E-state index contributed by atoms with van der Waals surface area (Å²) in [6, 6.07) is -1.24. The highest BCUT2D eigenvalue weighted by Crippen LogP contribution is 2.13. The number of aliphatic hydroxyl groups excluding tert-OH is 2. The van der Waals surface area contributed by atoms with E-state index < -0.39 is 40.0 Å². The number of nitrogens with one attached hydrogen (secondary N) is 1. The van der Waals surface area contributed by atoms with Gasteiger partial charge in [0.25, 0.3) is 10.1 Å². The summed E-state index contributed by atoms with van der Waals surface area (Å²) < 4.78 is 32.1. The van der Waals surface area contributed by atoms with E-state index in [0.717, 1.165) is 32.1 Å². The molecule has 0 heterocycles. The van der Waals surface area contributed by atoms with Gasteiger partial charge >= 0.3 is 0 Å². The van der Waals surface area contributed by atoms with E-state index in [9.17, 15) is 28.0 Å². The number of rotatable bonds is 26. The van der Waals surface area contributed by atoms with Crippen LogP contribution < -0.4 is 5.32 Å². The molecule has 4 N–H and O–H groups in total. The van der Waals surface area contributed by atoms with Crippen molar-refractivity contribution in [2.75, 3.05) is 5.75 Å². The number of hydrogen-bond donors (Lipinski definition) is 4. The van der Waals surface area contributed by atoms with Gasteiger partial charge in [0.2, 0.25) is 5.91 Å². The highest BCUT2D eigenvalue weighted by atomic mass is 32.2. The molecule has 0 aromatic heterocycles. The van der Waals surface area contributed by atoms with Gasteiger partial charge in [-0.1, -0.05) is 128 Å². The summed E-state index contributed by atoms with van der Waals surface area (Å²) in [6.45, 7) is 4.40. The number of carbonyl (C=O) groups is 1. The fourth-order valence-corrected chi connectivity index (χ4v) is 5.09. The second-order valence-corrected chi connectivity index (χ2v) is 12.0. The average Bonchev–Trinajstić information content (AvgIpc) is 2.86. The number of amides is 1. The normalized spacial score (nSPS) is 14.8. The first-order valence-corrected chi connectivity index (χ1v) is 16.8. The summed E-state index contributed by atoms with van der Waals surface area (Å²) in [6.07, 6.45) is 25.3. The summed E-state index contributed by atoms with van der Waals surface area (Å²) >= 11 is 0. The van der Waals surface area contributed by atoms with Crippen molar-refractivity contribution in [2.45, 2.75) is 154 Å². The molecule has 0 aliphatic carbocycles. The third kappa shape index (κ3) is 23.9. The van der Waals surface area contributed by atoms with Crippen LogP contribution >= 0.6 is 0 Å². The lowest BCUT2D eigenvalue weighted by Gasteiger charge is -2.22. The number of carbonyl (C=O) groups excluding carboxylic acids is 1. The smallest absolute Gasteiger partial charge is 0.267 e. The minimum absolute atomic E-state index is 0.276. The zero-order valence-corrected chi connectivity index (χ0v) is 25.0. The Bertz CT molecular complexity index is 722. The molecule has 0 saturated carbocycles. The van der Waals surface area contributed by atoms with Crippen LogP contribution in [0.5, 0.6) is 0 Å². The van der Waals surface area contributed by atoms with E-state index in [2.05, 4.69) is 31.3 Å². The summed E-state index contributed by atoms with van der Waals surface area (Å²) in [4.78, 5) is 12.4. The monoisotopic (exact) mass is 559 g/mol. The molecule has 7 nitrogen and oxygen atoms in total. The highest BCUT2D eigenvalue weighted by Gasteiger charge is 2.27. The largest absolute Gasteiger partial charge is 0.387 e. The van der Waals surface area contributed by atoms with Crippen molar-refractivity contribution < 1.29 is 28.0 Å². The maximum Gasteiger partial charge on any atom is 0.267 e. The molecule has 1 amide bonds. The van der Waals surface area contributed by atoms with Crippen molar-refractivity contribution >= 4 is 16.0 Å². The van der Waals surface area contributed by atoms with Gasteiger partial charge in [-0.05, 0) is 32.1 Å². The SMILES string of the molecule is CCCCCC/C=C/CC/C=C/C(O)C(CS(=O)(=O)O)NC(=O)C(O)CCCCCCCCCCCCC. The van der Waals surface area contributed by atoms with Crippen LogP contribution in [0.2, 0.25) is 0 Å². The van der Waals surface area contributed by atoms with E-state index >= 15 is 0 Å². The van der Waals surface area contributed by atoms with Gasteiger partial charge in [-0.3, -0.25) is 9.35 Å². The Labute approximate surface area is 233 Å². The van der Waals surface area contributed by atoms with Crippen LogP contribution in [-0.4, -0.2) is 53.1 Å². The molecule has 0 aliphatic heterocycles. The summed E-state index contributed by atoms with van der Waals surface area (Å²) in [5.74, 6) is -1.56. The topological polar surface area (TPSA) is 124 Å². The molecule has 0 fully saturated rings. The van der Waals surface area contributed by atoms with E-state index in [-0.39, 0.29) is 6.42 Å². The minimum Gasteiger partial charge on any atom is -0.387 e. The lowest BCUT2D eigenvalue weighted by atomic mass is 10.0. The first-order chi connectivity index (χ1) is 18.2. The lowest BCUT2D eigenvalue weighted by Crippen LogP contribution is -2.50. The molecule has 0 saturated heterocycles. The highest BCUT2D eigenvalue weighted by molar-refractivity contribution is 7.85. The molecule has 0 bridgehead atoms. The van der Waals surface area contributed by atoms with Crippen LogP contribution in [0.3, 0.4) is 0 Å². The van der Waals surface area contributed by atoms with Gasteiger partial charge in [-0.25, -0.2) is 0 Å². The molecule has 0 aliphatic rings. The molecule has 0 spiro atoms. The predicted molar refractivity (Wildman–Crippen MR) is 158 cm³/mol. The van der Waals surface area contributed by atoms with E-state index in [1.54, 1.807) is 6.08 Å². The molecule has 38 heavy (non-hydrogen) atoms. The predicted octanol–water partition coefficient (Wildman–Crippen LogP) is 6.64. The van der Waals surface area contributed by atoms with Gasteiger partial charge in [-0.15, -0.1) is 0 Å². The molecule has 3 atom stereocenters. The molecule has 3 unspecified atom stereocenters. The Morgan fingerprint density at radius 2 is 1.18 bits per heavy atom. The standard InChI is InChI=1S/C30H57NO6S/c1-3-5-7-9-11-13-15-17-19-21-23-25-29(33)30(34)31-27(26-38(35,36)37)28(32)24-22-20-18-16-14-12-10-8-6-4-2/h14,16,22,24,27-29,32-33H,3-13,15,17-21,23,25-26H2,1-2H3,(H,31,34)(H,35,36,37)/b16-14+,24-22+. The molecule has 0 rings (SSSR count). The third-order valence-corrected chi connectivity index (χ3v) is 7.52. The van der Waals surface area contributed by atoms with E-state index in [4.69, 9.17) is 0 Å². The van der Waals surface area contributed by atoms with E-state index in [1.165, 1.54) is 76.7 Å². The van der Waals surface area contributed by atoms with Gasteiger partial charge in [0.05, 0.1) is 17.9 Å². The van der Waals surface area contributed by atoms with Crippen LogP contribution in [0.15, 0.2) is 24.3 Å². The van der Waals surface area contributed by atoms with Crippen molar-refractivity contribution in [2.24, 2.45) is 0 Å². The fourth-order valence-electron chi connectivity index (χ4n) is 4.35. The Balaban J connectivity index is 4.31. The van der Waals surface area contributed by atoms with Crippen LogP contribution in [-0.2, 0) is 14.9 Å². The molecule has 8 heteroatoms.